The van der Waals surface area contributed by atoms with Crippen LogP contribution in [-0.4, -0.2) is 22.2 Å². The van der Waals surface area contributed by atoms with Crippen molar-refractivity contribution in [2.45, 2.75) is 37.4 Å². The van der Waals surface area contributed by atoms with Gasteiger partial charge >= 0.3 is 0 Å². The van der Waals surface area contributed by atoms with Crippen molar-refractivity contribution >= 4 is 40.7 Å². The van der Waals surface area contributed by atoms with Crippen LogP contribution in [0, 0.1) is 5.41 Å². The number of hydrogen-bond acceptors (Lipinski definition) is 6. The normalized spacial score (nSPS) is 24.2. The number of rotatable bonds is 8. The monoisotopic (exact) mass is 493 g/mol. The summed E-state index contributed by atoms with van der Waals surface area (Å²) in [5, 5.41) is 5.41. The van der Waals surface area contributed by atoms with Crippen molar-refractivity contribution in [1.29, 1.82) is 0 Å². The average molecular weight is 495 g/mol. The summed E-state index contributed by atoms with van der Waals surface area (Å²) in [6.45, 7) is 0.177. The Bertz CT molecular complexity index is 1160. The number of amides is 1. The zero-order chi connectivity index (χ0) is 22.5. The molecule has 32 heavy (non-hydrogen) atoms. The van der Waals surface area contributed by atoms with Crippen molar-refractivity contribution in [2.24, 2.45) is 11.1 Å². The molecule has 0 saturated heterocycles. The molecule has 0 radical (unpaired) electrons. The molecule has 7 nitrogen and oxygen atoms in total. The van der Waals surface area contributed by atoms with Gasteiger partial charge in [-0.3, -0.25) is 4.79 Å². The molecule has 0 aliphatic heterocycles. The minimum atomic E-state index is -0.780. The van der Waals surface area contributed by atoms with Gasteiger partial charge in [-0.05, 0) is 55.7 Å². The highest BCUT2D eigenvalue weighted by Gasteiger charge is 2.75. The third-order valence-electron chi connectivity index (χ3n) is 6.13. The lowest BCUT2D eigenvalue weighted by atomic mass is 9.33. The highest BCUT2D eigenvalue weighted by Crippen LogP contribution is 2.75. The maximum absolute atomic E-state index is 12.2. The molecule has 3 fully saturated rings. The smallest absolute Gasteiger partial charge is 0.259 e. The summed E-state index contributed by atoms with van der Waals surface area (Å²) in [7, 11) is 0. The molecule has 0 spiro atoms. The Balaban J connectivity index is 1.23. The van der Waals surface area contributed by atoms with Crippen LogP contribution in [-0.2, 0) is 16.8 Å². The van der Waals surface area contributed by atoms with Crippen LogP contribution in [0.1, 0.15) is 31.0 Å². The van der Waals surface area contributed by atoms with Gasteiger partial charge < -0.3 is 19.7 Å². The van der Waals surface area contributed by atoms with E-state index < -0.39 is 12.0 Å². The third kappa shape index (κ3) is 3.68. The van der Waals surface area contributed by atoms with Crippen molar-refractivity contribution in [3.63, 3.8) is 0 Å². The molecule has 1 heterocycles. The van der Waals surface area contributed by atoms with Gasteiger partial charge in [0.05, 0.1) is 15.5 Å². The SMILES string of the molecule is NC(=O)C(Oc1ccc(Cl)c(Cl)c1)C12CC(c3nc(COc4ccc(Cl)cc4)no3)(C1)C2. The number of hydrogen-bond donors (Lipinski definition) is 1. The summed E-state index contributed by atoms with van der Waals surface area (Å²) in [6.07, 6.45) is 1.25. The van der Waals surface area contributed by atoms with E-state index in [1.165, 1.54) is 0 Å². The fourth-order valence-corrected chi connectivity index (χ4v) is 5.16. The summed E-state index contributed by atoms with van der Waals surface area (Å²) in [6, 6.07) is 11.9. The zero-order valence-electron chi connectivity index (χ0n) is 16.7. The predicted octanol–water partition coefficient (Wildman–Crippen LogP) is 4.96. The molecular weight excluding hydrogens is 477 g/mol. The van der Waals surface area contributed by atoms with Gasteiger partial charge in [-0.1, -0.05) is 40.0 Å². The number of benzene rings is 2. The first-order chi connectivity index (χ1) is 15.3. The van der Waals surface area contributed by atoms with Gasteiger partial charge in [0.15, 0.2) is 12.7 Å². The van der Waals surface area contributed by atoms with Gasteiger partial charge in [0.25, 0.3) is 5.91 Å². The molecule has 3 saturated carbocycles. The maximum Gasteiger partial charge on any atom is 0.259 e. The van der Waals surface area contributed by atoms with Crippen molar-refractivity contribution in [1.82, 2.24) is 10.1 Å². The Morgan fingerprint density at radius 2 is 1.75 bits per heavy atom. The second kappa shape index (κ2) is 7.83. The molecular formula is C22H18Cl3N3O4. The molecule has 1 unspecified atom stereocenters. The van der Waals surface area contributed by atoms with E-state index in [4.69, 9.17) is 54.5 Å². The second-order valence-electron chi connectivity index (χ2n) is 8.41. The van der Waals surface area contributed by atoms with E-state index >= 15 is 0 Å². The Morgan fingerprint density at radius 3 is 2.41 bits per heavy atom. The van der Waals surface area contributed by atoms with Gasteiger partial charge in [-0.15, -0.1) is 0 Å². The Kier molecular flexibility index (Phi) is 5.23. The molecule has 1 atom stereocenters. The van der Waals surface area contributed by atoms with Crippen molar-refractivity contribution in [3.05, 3.63) is 69.2 Å². The first kappa shape index (κ1) is 21.4. The van der Waals surface area contributed by atoms with Gasteiger partial charge in [0, 0.05) is 16.5 Å². The van der Waals surface area contributed by atoms with E-state index in [9.17, 15) is 4.79 Å². The van der Waals surface area contributed by atoms with Crippen LogP contribution >= 0.6 is 34.8 Å². The minimum Gasteiger partial charge on any atom is -0.485 e. The average Bonchev–Trinajstić information content (AvgIpc) is 3.16. The molecule has 2 aromatic carbocycles. The standard InChI is InChI=1S/C22H18Cl3N3O4/c23-12-1-3-13(4-2-12)30-8-17-27-20(32-28-17)22-9-21(10-22,11-22)18(19(26)29)31-14-5-6-15(24)16(25)7-14/h1-7,18H,8-11H2,(H2,26,29). The maximum atomic E-state index is 12.2. The van der Waals surface area contributed by atoms with Crippen molar-refractivity contribution < 1.29 is 18.8 Å². The van der Waals surface area contributed by atoms with Crippen LogP contribution in [0.5, 0.6) is 11.5 Å². The number of nitrogens with two attached hydrogens (primary N) is 1. The summed E-state index contributed by atoms with van der Waals surface area (Å²) in [5.41, 5.74) is 5.06. The van der Waals surface area contributed by atoms with Crippen molar-refractivity contribution in [3.8, 4) is 11.5 Å². The molecule has 3 aliphatic rings. The molecule has 3 aromatic rings. The molecule has 2 N–H and O–H groups in total. The fraction of sp³-hybridized carbons (Fsp3) is 0.318. The molecule has 1 amide bonds. The molecule has 2 bridgehead atoms. The third-order valence-corrected chi connectivity index (χ3v) is 7.13. The number of carbonyl (C=O) groups is 1. The summed E-state index contributed by atoms with van der Waals surface area (Å²) in [5.74, 6) is 1.58. The summed E-state index contributed by atoms with van der Waals surface area (Å²) >= 11 is 17.9. The molecule has 1 aromatic heterocycles. The van der Waals surface area contributed by atoms with E-state index in [1.54, 1.807) is 42.5 Å². The first-order valence-electron chi connectivity index (χ1n) is 9.91. The van der Waals surface area contributed by atoms with E-state index in [1.807, 2.05) is 0 Å². The zero-order valence-corrected chi connectivity index (χ0v) is 19.0. The predicted molar refractivity (Wildman–Crippen MR) is 118 cm³/mol. The largest absolute Gasteiger partial charge is 0.485 e. The van der Waals surface area contributed by atoms with Gasteiger partial charge in [-0.25, -0.2) is 0 Å². The van der Waals surface area contributed by atoms with Gasteiger partial charge in [-0.2, -0.15) is 4.98 Å². The number of carbonyl (C=O) groups excluding carboxylic acids is 1. The van der Waals surface area contributed by atoms with Crippen LogP contribution in [0.25, 0.3) is 0 Å². The molecule has 166 valence electrons. The van der Waals surface area contributed by atoms with Crippen molar-refractivity contribution in [2.75, 3.05) is 0 Å². The van der Waals surface area contributed by atoms with Crippen LogP contribution in [0.4, 0.5) is 0 Å². The molecule has 10 heteroatoms. The van der Waals surface area contributed by atoms with Crippen LogP contribution in [0.15, 0.2) is 47.0 Å². The summed E-state index contributed by atoms with van der Waals surface area (Å²) < 4.78 is 17.1. The van der Waals surface area contributed by atoms with E-state index in [0.717, 1.165) is 0 Å². The lowest BCUT2D eigenvalue weighted by Crippen LogP contribution is -2.72. The topological polar surface area (TPSA) is 100 Å². The highest BCUT2D eigenvalue weighted by molar-refractivity contribution is 6.42. The fourth-order valence-electron chi connectivity index (χ4n) is 4.75. The molecule has 3 aliphatic carbocycles. The van der Waals surface area contributed by atoms with E-state index in [-0.39, 0.29) is 17.4 Å². The highest BCUT2D eigenvalue weighted by atomic mass is 35.5. The Hall–Kier alpha value is -2.48. The number of ether oxygens (including phenoxy) is 2. The van der Waals surface area contributed by atoms with Crippen LogP contribution in [0.2, 0.25) is 15.1 Å². The number of primary amides is 1. The summed E-state index contributed by atoms with van der Waals surface area (Å²) in [4.78, 5) is 16.7. The quantitative estimate of drug-likeness (QED) is 0.475. The van der Waals surface area contributed by atoms with Gasteiger partial charge in [0.2, 0.25) is 11.7 Å². The minimum absolute atomic E-state index is 0.177. The number of aromatic nitrogens is 2. The number of nitrogens with zero attached hydrogens (tertiary/aromatic N) is 2. The Morgan fingerprint density at radius 1 is 1.06 bits per heavy atom. The van der Waals surface area contributed by atoms with Crippen LogP contribution < -0.4 is 15.2 Å². The number of halogens is 3. The van der Waals surface area contributed by atoms with E-state index in [0.29, 0.717) is 57.5 Å². The second-order valence-corrected chi connectivity index (χ2v) is 9.66. The van der Waals surface area contributed by atoms with Gasteiger partial charge in [0.1, 0.15) is 11.5 Å². The Labute approximate surface area is 198 Å². The lowest BCUT2D eigenvalue weighted by molar-refractivity contribution is -0.208. The van der Waals surface area contributed by atoms with Crippen LogP contribution in [0.3, 0.4) is 0 Å². The lowest BCUT2D eigenvalue weighted by Gasteiger charge is -2.69. The molecule has 6 rings (SSSR count). The first-order valence-corrected chi connectivity index (χ1v) is 11.0. The van der Waals surface area contributed by atoms with E-state index in [2.05, 4.69) is 10.1 Å².